The average Bonchev–Trinajstić information content (AvgIpc) is 3.02. The molecule has 1 fully saturated rings. The molecule has 26 heavy (non-hydrogen) atoms. The minimum atomic E-state index is -0.545. The van der Waals surface area contributed by atoms with Gasteiger partial charge in [-0.1, -0.05) is 72.8 Å². The summed E-state index contributed by atoms with van der Waals surface area (Å²) in [6, 6.07) is 23.5. The molecule has 1 aliphatic rings. The van der Waals surface area contributed by atoms with Crippen LogP contribution < -0.4 is 0 Å². The third-order valence-electron chi connectivity index (χ3n) is 4.71. The zero-order valence-electron chi connectivity index (χ0n) is 14.3. The van der Waals surface area contributed by atoms with Crippen LogP contribution in [-0.2, 0) is 22.4 Å². The fourth-order valence-corrected chi connectivity index (χ4v) is 3.41. The summed E-state index contributed by atoms with van der Waals surface area (Å²) in [7, 11) is 0. The Morgan fingerprint density at radius 3 is 2.46 bits per heavy atom. The Labute approximate surface area is 152 Å². The van der Waals surface area contributed by atoms with Gasteiger partial charge in [0, 0.05) is 0 Å². The number of ether oxygens (including phenoxy) is 1. The van der Waals surface area contributed by atoms with E-state index in [9.17, 15) is 9.59 Å². The van der Waals surface area contributed by atoms with Crippen LogP contribution >= 0.6 is 0 Å². The first-order chi connectivity index (χ1) is 12.7. The first-order valence-corrected chi connectivity index (χ1v) is 8.71. The molecule has 0 unspecified atom stereocenters. The Kier molecular flexibility index (Phi) is 4.40. The van der Waals surface area contributed by atoms with E-state index in [2.05, 4.69) is 0 Å². The molecule has 0 spiro atoms. The summed E-state index contributed by atoms with van der Waals surface area (Å²) >= 11 is 0. The molecule has 0 bridgehead atoms. The molecule has 1 atom stereocenters. The summed E-state index contributed by atoms with van der Waals surface area (Å²) < 4.78 is 5.15. The molecule has 1 saturated heterocycles. The van der Waals surface area contributed by atoms with E-state index in [1.165, 1.54) is 4.90 Å². The zero-order valence-corrected chi connectivity index (χ0v) is 14.3. The average molecular weight is 345 g/mol. The molecule has 4 heteroatoms. The van der Waals surface area contributed by atoms with Crippen molar-refractivity contribution in [3.8, 4) is 0 Å². The van der Waals surface area contributed by atoms with Crippen LogP contribution in [0.3, 0.4) is 0 Å². The van der Waals surface area contributed by atoms with Gasteiger partial charge in [0.15, 0.2) is 0 Å². The van der Waals surface area contributed by atoms with E-state index in [0.29, 0.717) is 6.42 Å². The highest BCUT2D eigenvalue weighted by molar-refractivity contribution is 5.95. The van der Waals surface area contributed by atoms with Crippen LogP contribution in [-0.4, -0.2) is 29.5 Å². The molecule has 4 nitrogen and oxygen atoms in total. The Bertz CT molecular complexity index is 952. The molecule has 0 aromatic heterocycles. The highest BCUT2D eigenvalue weighted by Crippen LogP contribution is 2.21. The predicted octanol–water partition coefficient (Wildman–Crippen LogP) is 3.97. The van der Waals surface area contributed by atoms with Crippen molar-refractivity contribution in [3.63, 3.8) is 0 Å². The van der Waals surface area contributed by atoms with Gasteiger partial charge < -0.3 is 4.74 Å². The van der Waals surface area contributed by atoms with Gasteiger partial charge in [0.1, 0.15) is 6.61 Å². The van der Waals surface area contributed by atoms with Crippen LogP contribution in [0.25, 0.3) is 10.8 Å². The minimum Gasteiger partial charge on any atom is -0.447 e. The SMILES string of the molecule is O=C(Cc1ccc2ccccc2c1)N1C(=O)OC[C@@H]1Cc1ccccc1. The smallest absolute Gasteiger partial charge is 0.416 e. The van der Waals surface area contributed by atoms with Crippen molar-refractivity contribution in [3.05, 3.63) is 83.9 Å². The lowest BCUT2D eigenvalue weighted by atomic mass is 10.0. The molecular formula is C22H19NO3. The molecular weight excluding hydrogens is 326 g/mol. The summed E-state index contributed by atoms with van der Waals surface area (Å²) in [5.74, 6) is -0.219. The summed E-state index contributed by atoms with van der Waals surface area (Å²) in [6.45, 7) is 0.247. The predicted molar refractivity (Wildman–Crippen MR) is 99.8 cm³/mol. The number of carbonyl (C=O) groups is 2. The van der Waals surface area contributed by atoms with Crippen molar-refractivity contribution < 1.29 is 14.3 Å². The van der Waals surface area contributed by atoms with Crippen LogP contribution in [0.1, 0.15) is 11.1 Å². The molecule has 0 saturated carbocycles. The molecule has 2 amide bonds. The number of cyclic esters (lactones) is 1. The van der Waals surface area contributed by atoms with E-state index in [4.69, 9.17) is 4.74 Å². The van der Waals surface area contributed by atoms with Gasteiger partial charge in [-0.2, -0.15) is 0 Å². The molecule has 0 aliphatic carbocycles. The van der Waals surface area contributed by atoms with Crippen molar-refractivity contribution in [1.82, 2.24) is 4.90 Å². The maximum absolute atomic E-state index is 12.8. The van der Waals surface area contributed by atoms with E-state index in [1.54, 1.807) is 0 Å². The van der Waals surface area contributed by atoms with E-state index >= 15 is 0 Å². The second-order valence-electron chi connectivity index (χ2n) is 6.54. The largest absolute Gasteiger partial charge is 0.447 e. The number of fused-ring (bicyclic) bond motifs is 1. The van der Waals surface area contributed by atoms with Gasteiger partial charge >= 0.3 is 6.09 Å². The lowest BCUT2D eigenvalue weighted by Gasteiger charge is -2.19. The monoisotopic (exact) mass is 345 g/mol. The number of hydrogen-bond donors (Lipinski definition) is 0. The van der Waals surface area contributed by atoms with Gasteiger partial charge in [0.2, 0.25) is 5.91 Å². The second-order valence-corrected chi connectivity index (χ2v) is 6.54. The number of imide groups is 1. The standard InChI is InChI=1S/C22H19NO3/c24-21(14-17-10-11-18-8-4-5-9-19(18)12-17)23-20(15-26-22(23)25)13-16-6-2-1-3-7-16/h1-12,20H,13-15H2/t20-/m0/s1. The Hall–Kier alpha value is -3.14. The second kappa shape index (κ2) is 7.00. The van der Waals surface area contributed by atoms with Gasteiger partial charge in [0.05, 0.1) is 12.5 Å². The molecule has 0 radical (unpaired) electrons. The highest BCUT2D eigenvalue weighted by atomic mass is 16.6. The number of rotatable bonds is 4. The number of nitrogens with zero attached hydrogens (tertiary/aromatic N) is 1. The maximum Gasteiger partial charge on any atom is 0.416 e. The summed E-state index contributed by atoms with van der Waals surface area (Å²) in [5, 5.41) is 2.22. The molecule has 4 rings (SSSR count). The number of hydrogen-bond acceptors (Lipinski definition) is 3. The first-order valence-electron chi connectivity index (χ1n) is 8.71. The van der Waals surface area contributed by atoms with Crippen molar-refractivity contribution in [2.75, 3.05) is 6.61 Å². The minimum absolute atomic E-state index is 0.186. The van der Waals surface area contributed by atoms with Crippen LogP contribution in [0.2, 0.25) is 0 Å². The lowest BCUT2D eigenvalue weighted by Crippen LogP contribution is -2.41. The van der Waals surface area contributed by atoms with Gasteiger partial charge in [-0.25, -0.2) is 9.69 Å². The van der Waals surface area contributed by atoms with Crippen molar-refractivity contribution in [1.29, 1.82) is 0 Å². The zero-order chi connectivity index (χ0) is 17.9. The highest BCUT2D eigenvalue weighted by Gasteiger charge is 2.37. The quantitative estimate of drug-likeness (QED) is 0.719. The van der Waals surface area contributed by atoms with Crippen LogP contribution in [0, 0.1) is 0 Å². The number of carbonyl (C=O) groups excluding carboxylic acids is 2. The molecule has 1 aliphatic heterocycles. The molecule has 1 heterocycles. The third-order valence-corrected chi connectivity index (χ3v) is 4.71. The number of benzene rings is 3. The fourth-order valence-electron chi connectivity index (χ4n) is 3.41. The number of amides is 2. The Morgan fingerprint density at radius 1 is 0.923 bits per heavy atom. The van der Waals surface area contributed by atoms with Gasteiger partial charge in [-0.05, 0) is 28.3 Å². The van der Waals surface area contributed by atoms with Crippen molar-refractivity contribution in [2.24, 2.45) is 0 Å². The van der Waals surface area contributed by atoms with E-state index in [0.717, 1.165) is 21.9 Å². The molecule has 0 N–H and O–H groups in total. The van der Waals surface area contributed by atoms with Gasteiger partial charge in [-0.3, -0.25) is 4.79 Å². The molecule has 3 aromatic rings. The van der Waals surface area contributed by atoms with Crippen LogP contribution in [0.5, 0.6) is 0 Å². The summed E-state index contributed by atoms with van der Waals surface area (Å²) in [4.78, 5) is 26.2. The van der Waals surface area contributed by atoms with Crippen molar-refractivity contribution >= 4 is 22.8 Å². The first kappa shape index (κ1) is 16.3. The third kappa shape index (κ3) is 3.31. The lowest BCUT2D eigenvalue weighted by molar-refractivity contribution is -0.128. The summed E-state index contributed by atoms with van der Waals surface area (Å²) in [6.07, 6.45) is 0.248. The Balaban J connectivity index is 1.52. The van der Waals surface area contributed by atoms with Gasteiger partial charge in [-0.15, -0.1) is 0 Å². The molecule has 130 valence electrons. The fraction of sp³-hybridized carbons (Fsp3) is 0.182. The van der Waals surface area contributed by atoms with Crippen LogP contribution in [0.15, 0.2) is 72.8 Å². The molecule has 3 aromatic carbocycles. The maximum atomic E-state index is 12.8. The van der Waals surface area contributed by atoms with Crippen molar-refractivity contribution in [2.45, 2.75) is 18.9 Å². The van der Waals surface area contributed by atoms with E-state index < -0.39 is 6.09 Å². The van der Waals surface area contributed by atoms with Crippen LogP contribution in [0.4, 0.5) is 4.79 Å². The normalized spacial score (nSPS) is 16.7. The van der Waals surface area contributed by atoms with Gasteiger partial charge in [0.25, 0.3) is 0 Å². The van der Waals surface area contributed by atoms with E-state index in [1.807, 2.05) is 72.8 Å². The summed E-state index contributed by atoms with van der Waals surface area (Å²) in [5.41, 5.74) is 1.98. The van der Waals surface area contributed by atoms with E-state index in [-0.39, 0.29) is 25.0 Å². The Morgan fingerprint density at radius 2 is 1.65 bits per heavy atom. The topological polar surface area (TPSA) is 46.6 Å².